The van der Waals surface area contributed by atoms with Crippen LogP contribution in [0, 0.1) is 5.92 Å². The second-order valence-electron chi connectivity index (χ2n) is 5.39. The predicted molar refractivity (Wildman–Crippen MR) is 76.7 cm³/mol. The summed E-state index contributed by atoms with van der Waals surface area (Å²) in [7, 11) is 0. The van der Waals surface area contributed by atoms with E-state index in [9.17, 15) is 9.59 Å². The molecule has 0 fully saturated rings. The number of nitrogens with one attached hydrogen (secondary N) is 1. The van der Waals surface area contributed by atoms with Crippen molar-refractivity contribution in [2.24, 2.45) is 5.92 Å². The van der Waals surface area contributed by atoms with Gasteiger partial charge in [0.1, 0.15) is 5.78 Å². The lowest BCUT2D eigenvalue weighted by Gasteiger charge is -2.07. The largest absolute Gasteiger partial charge is 0.352 e. The average Bonchev–Trinajstić information content (AvgIpc) is 2.35. The van der Waals surface area contributed by atoms with E-state index in [4.69, 9.17) is 0 Å². The Morgan fingerprint density at radius 1 is 1.05 bits per heavy atom. The highest BCUT2D eigenvalue weighted by Crippen LogP contribution is 2.09. The Balaban J connectivity index is 2.37. The van der Waals surface area contributed by atoms with Crippen molar-refractivity contribution in [3.05, 3.63) is 35.4 Å². The van der Waals surface area contributed by atoms with E-state index in [0.29, 0.717) is 18.9 Å². The van der Waals surface area contributed by atoms with E-state index in [-0.39, 0.29) is 18.1 Å². The molecule has 1 amide bonds. The molecule has 3 heteroatoms. The van der Waals surface area contributed by atoms with Crippen LogP contribution in [0.5, 0.6) is 0 Å². The number of ketones is 1. The molecule has 1 aromatic carbocycles. The standard InChI is InChI=1S/C16H23NO2/c1-12(2)10-14-5-7-15(8-6-14)11-17-16(19)9-4-13(3)18/h5-8,12H,4,9-11H2,1-3H3,(H,17,19). The van der Waals surface area contributed by atoms with Crippen molar-refractivity contribution in [1.82, 2.24) is 5.32 Å². The maximum absolute atomic E-state index is 11.5. The lowest BCUT2D eigenvalue weighted by Crippen LogP contribution is -2.22. The van der Waals surface area contributed by atoms with E-state index in [1.807, 2.05) is 12.1 Å². The summed E-state index contributed by atoms with van der Waals surface area (Å²) in [5, 5.41) is 2.82. The second kappa shape index (κ2) is 7.72. The zero-order valence-corrected chi connectivity index (χ0v) is 12.0. The van der Waals surface area contributed by atoms with E-state index in [1.54, 1.807) is 0 Å². The van der Waals surface area contributed by atoms with Crippen LogP contribution in [0.2, 0.25) is 0 Å². The Labute approximate surface area is 115 Å². The molecule has 0 aromatic heterocycles. The third-order valence-electron chi connectivity index (χ3n) is 2.86. The van der Waals surface area contributed by atoms with Gasteiger partial charge in [0.2, 0.25) is 5.91 Å². The quantitative estimate of drug-likeness (QED) is 0.820. The number of amides is 1. The van der Waals surface area contributed by atoms with Crippen molar-refractivity contribution < 1.29 is 9.59 Å². The molecule has 0 radical (unpaired) electrons. The number of hydrogen-bond donors (Lipinski definition) is 1. The molecule has 0 aliphatic rings. The Morgan fingerprint density at radius 2 is 1.63 bits per heavy atom. The van der Waals surface area contributed by atoms with Crippen LogP contribution in [0.15, 0.2) is 24.3 Å². The maximum Gasteiger partial charge on any atom is 0.220 e. The fraction of sp³-hybridized carbons (Fsp3) is 0.500. The summed E-state index contributed by atoms with van der Waals surface area (Å²) in [4.78, 5) is 22.2. The average molecular weight is 261 g/mol. The van der Waals surface area contributed by atoms with Crippen molar-refractivity contribution in [2.75, 3.05) is 0 Å². The van der Waals surface area contributed by atoms with E-state index in [1.165, 1.54) is 12.5 Å². The predicted octanol–water partition coefficient (Wildman–Crippen LogP) is 2.87. The van der Waals surface area contributed by atoms with Crippen LogP contribution in [-0.2, 0) is 22.6 Å². The normalized spacial score (nSPS) is 10.5. The fourth-order valence-electron chi connectivity index (χ4n) is 1.84. The van der Waals surface area contributed by atoms with Crippen LogP contribution in [0.4, 0.5) is 0 Å². The van der Waals surface area contributed by atoms with E-state index in [0.717, 1.165) is 12.0 Å². The van der Waals surface area contributed by atoms with Crippen LogP contribution in [0.1, 0.15) is 44.7 Å². The Kier molecular flexibility index (Phi) is 6.26. The zero-order chi connectivity index (χ0) is 14.3. The molecule has 104 valence electrons. The first-order chi connectivity index (χ1) is 8.97. The molecular formula is C16H23NO2. The molecule has 0 saturated carbocycles. The lowest BCUT2D eigenvalue weighted by molar-refractivity contribution is -0.124. The third-order valence-corrected chi connectivity index (χ3v) is 2.86. The van der Waals surface area contributed by atoms with E-state index < -0.39 is 0 Å². The van der Waals surface area contributed by atoms with Gasteiger partial charge in [0.05, 0.1) is 0 Å². The summed E-state index contributed by atoms with van der Waals surface area (Å²) >= 11 is 0. The molecule has 19 heavy (non-hydrogen) atoms. The van der Waals surface area contributed by atoms with E-state index in [2.05, 4.69) is 31.3 Å². The maximum atomic E-state index is 11.5. The summed E-state index contributed by atoms with van der Waals surface area (Å²) in [6.07, 6.45) is 1.67. The number of carbonyl (C=O) groups excluding carboxylic acids is 2. The summed E-state index contributed by atoms with van der Waals surface area (Å²) in [6.45, 7) is 6.42. The van der Waals surface area contributed by atoms with Crippen molar-refractivity contribution in [2.45, 2.75) is 46.6 Å². The molecule has 0 aliphatic heterocycles. The first-order valence-corrected chi connectivity index (χ1v) is 6.81. The Hall–Kier alpha value is -1.64. The van der Waals surface area contributed by atoms with Crippen LogP contribution < -0.4 is 5.32 Å². The minimum atomic E-state index is -0.0681. The molecule has 1 aromatic rings. The molecular weight excluding hydrogens is 238 g/mol. The van der Waals surface area contributed by atoms with Crippen LogP contribution >= 0.6 is 0 Å². The van der Waals surface area contributed by atoms with Crippen molar-refractivity contribution in [3.63, 3.8) is 0 Å². The number of Topliss-reactive ketones (excluding diaryl/α,β-unsaturated/α-hetero) is 1. The number of carbonyl (C=O) groups is 2. The highest BCUT2D eigenvalue weighted by Gasteiger charge is 2.03. The van der Waals surface area contributed by atoms with Crippen LogP contribution in [-0.4, -0.2) is 11.7 Å². The van der Waals surface area contributed by atoms with Gasteiger partial charge in [0.25, 0.3) is 0 Å². The van der Waals surface area contributed by atoms with Gasteiger partial charge in [0, 0.05) is 19.4 Å². The van der Waals surface area contributed by atoms with Gasteiger partial charge < -0.3 is 10.1 Å². The second-order valence-corrected chi connectivity index (χ2v) is 5.39. The first-order valence-electron chi connectivity index (χ1n) is 6.81. The third kappa shape index (κ3) is 6.75. The smallest absolute Gasteiger partial charge is 0.220 e. The zero-order valence-electron chi connectivity index (χ0n) is 12.0. The molecule has 0 atom stereocenters. The van der Waals surface area contributed by atoms with Gasteiger partial charge in [-0.2, -0.15) is 0 Å². The van der Waals surface area contributed by atoms with Crippen LogP contribution in [0.3, 0.4) is 0 Å². The first kappa shape index (κ1) is 15.4. The minimum absolute atomic E-state index is 0.0492. The molecule has 0 spiro atoms. The van der Waals surface area contributed by atoms with Crippen molar-refractivity contribution in [3.8, 4) is 0 Å². The molecule has 0 bridgehead atoms. The fourth-order valence-corrected chi connectivity index (χ4v) is 1.84. The summed E-state index contributed by atoms with van der Waals surface area (Å²) in [5.74, 6) is 0.631. The Morgan fingerprint density at radius 3 is 2.16 bits per heavy atom. The van der Waals surface area contributed by atoms with Gasteiger partial charge in [-0.1, -0.05) is 38.1 Å². The molecule has 0 aliphatic carbocycles. The topological polar surface area (TPSA) is 46.2 Å². The Bertz CT molecular complexity index is 421. The molecule has 0 saturated heterocycles. The summed E-state index contributed by atoms with van der Waals surface area (Å²) < 4.78 is 0. The molecule has 1 N–H and O–H groups in total. The van der Waals surface area contributed by atoms with Gasteiger partial charge in [-0.05, 0) is 30.4 Å². The van der Waals surface area contributed by atoms with Gasteiger partial charge in [0.15, 0.2) is 0 Å². The van der Waals surface area contributed by atoms with Crippen molar-refractivity contribution in [1.29, 1.82) is 0 Å². The SMILES string of the molecule is CC(=O)CCC(=O)NCc1ccc(CC(C)C)cc1. The van der Waals surface area contributed by atoms with Crippen LogP contribution in [0.25, 0.3) is 0 Å². The monoisotopic (exact) mass is 261 g/mol. The minimum Gasteiger partial charge on any atom is -0.352 e. The molecule has 0 heterocycles. The molecule has 1 rings (SSSR count). The van der Waals surface area contributed by atoms with Gasteiger partial charge in [-0.25, -0.2) is 0 Å². The number of rotatable bonds is 7. The van der Waals surface area contributed by atoms with Crippen molar-refractivity contribution >= 4 is 11.7 Å². The van der Waals surface area contributed by atoms with Gasteiger partial charge in [-0.3, -0.25) is 4.79 Å². The number of benzene rings is 1. The lowest BCUT2D eigenvalue weighted by atomic mass is 10.0. The summed E-state index contributed by atoms with van der Waals surface area (Å²) in [6, 6.07) is 8.31. The van der Waals surface area contributed by atoms with Gasteiger partial charge >= 0.3 is 0 Å². The van der Waals surface area contributed by atoms with Gasteiger partial charge in [-0.15, -0.1) is 0 Å². The highest BCUT2D eigenvalue weighted by atomic mass is 16.2. The molecule has 3 nitrogen and oxygen atoms in total. The van der Waals surface area contributed by atoms with E-state index >= 15 is 0 Å². The molecule has 0 unspecified atom stereocenters. The highest BCUT2D eigenvalue weighted by molar-refractivity contribution is 5.83. The number of hydrogen-bond acceptors (Lipinski definition) is 2. The summed E-state index contributed by atoms with van der Waals surface area (Å²) in [5.41, 5.74) is 2.41.